The molecule has 43 heavy (non-hydrogen) atoms. The summed E-state index contributed by atoms with van der Waals surface area (Å²) in [5.41, 5.74) is 1.69. The number of piperazine rings is 2. The minimum absolute atomic E-state index is 0.00962. The molecular formula is C31H37ClN6O4S. The summed E-state index contributed by atoms with van der Waals surface area (Å²) in [6, 6.07) is 16.9. The third-order valence-corrected chi connectivity index (χ3v) is 8.70. The van der Waals surface area contributed by atoms with Crippen LogP contribution in [0.15, 0.2) is 59.8 Å². The van der Waals surface area contributed by atoms with E-state index in [1.54, 1.807) is 37.4 Å². The lowest BCUT2D eigenvalue weighted by atomic mass is 10.1. The van der Waals surface area contributed by atoms with Gasteiger partial charge in [0, 0.05) is 63.5 Å². The number of carbonyl (C=O) groups excluding carboxylic acids is 2. The van der Waals surface area contributed by atoms with E-state index in [0.717, 1.165) is 24.5 Å². The summed E-state index contributed by atoms with van der Waals surface area (Å²) in [5.74, 6) is 2.55. The third kappa shape index (κ3) is 7.45. The Balaban J connectivity index is 1.14. The molecule has 228 valence electrons. The number of halogens is 1. The summed E-state index contributed by atoms with van der Waals surface area (Å²) in [4.78, 5) is 43.4. The van der Waals surface area contributed by atoms with Crippen LogP contribution in [0.5, 0.6) is 11.5 Å². The highest BCUT2D eigenvalue weighted by Gasteiger charge is 2.29. The molecule has 0 bridgehead atoms. The zero-order valence-electron chi connectivity index (χ0n) is 24.7. The number of methoxy groups -OCH3 is 1. The van der Waals surface area contributed by atoms with Crippen molar-refractivity contribution in [1.82, 2.24) is 19.8 Å². The first kappa shape index (κ1) is 30.7. The Hall–Kier alpha value is -3.70. The van der Waals surface area contributed by atoms with Gasteiger partial charge in [-0.05, 0) is 50.2 Å². The van der Waals surface area contributed by atoms with E-state index in [1.807, 2.05) is 41.8 Å². The van der Waals surface area contributed by atoms with Crippen LogP contribution < -0.4 is 19.3 Å². The highest BCUT2D eigenvalue weighted by Crippen LogP contribution is 2.29. The SMILES string of the molecule is CCOc1ccccc1N1CCN(C(=O)CSc2nc(Cl)cc(N3CCN(C(=O)c4ccc(OC)cc4)C(C)C3)n2)CC1. The maximum Gasteiger partial charge on any atom is 0.254 e. The van der Waals surface area contributed by atoms with Gasteiger partial charge in [-0.15, -0.1) is 0 Å². The predicted octanol–water partition coefficient (Wildman–Crippen LogP) is 4.33. The first-order valence-electron chi connectivity index (χ1n) is 14.5. The highest BCUT2D eigenvalue weighted by molar-refractivity contribution is 7.99. The van der Waals surface area contributed by atoms with E-state index in [0.29, 0.717) is 66.8 Å². The number of amides is 2. The summed E-state index contributed by atoms with van der Waals surface area (Å²) in [6.45, 7) is 9.14. The number of hydrogen-bond donors (Lipinski definition) is 0. The van der Waals surface area contributed by atoms with E-state index in [2.05, 4.69) is 20.9 Å². The number of thioether (sulfide) groups is 1. The van der Waals surface area contributed by atoms with E-state index in [-0.39, 0.29) is 23.6 Å². The molecule has 5 rings (SSSR count). The lowest BCUT2D eigenvalue weighted by Gasteiger charge is -2.40. The van der Waals surface area contributed by atoms with Crippen LogP contribution in [0.25, 0.3) is 0 Å². The highest BCUT2D eigenvalue weighted by atomic mass is 35.5. The topological polar surface area (TPSA) is 91.3 Å². The van der Waals surface area contributed by atoms with Crippen molar-refractivity contribution in [3.05, 3.63) is 65.3 Å². The molecule has 2 aromatic carbocycles. The summed E-state index contributed by atoms with van der Waals surface area (Å²) < 4.78 is 11.0. The maximum atomic E-state index is 13.1. The number of nitrogens with zero attached hydrogens (tertiary/aromatic N) is 6. The molecule has 0 N–H and O–H groups in total. The van der Waals surface area contributed by atoms with Crippen LogP contribution in [0.2, 0.25) is 5.15 Å². The van der Waals surface area contributed by atoms with Gasteiger partial charge in [-0.3, -0.25) is 9.59 Å². The minimum atomic E-state index is -0.0334. The zero-order valence-corrected chi connectivity index (χ0v) is 26.3. The number of ether oxygens (including phenoxy) is 2. The monoisotopic (exact) mass is 624 g/mol. The molecule has 0 aliphatic carbocycles. The molecule has 3 heterocycles. The fourth-order valence-electron chi connectivity index (χ4n) is 5.39. The Morgan fingerprint density at radius 2 is 1.70 bits per heavy atom. The van der Waals surface area contributed by atoms with Gasteiger partial charge in [0.15, 0.2) is 5.16 Å². The van der Waals surface area contributed by atoms with Gasteiger partial charge in [-0.25, -0.2) is 9.97 Å². The van der Waals surface area contributed by atoms with Gasteiger partial charge in [0.2, 0.25) is 5.91 Å². The van der Waals surface area contributed by atoms with Crippen LogP contribution in [0.3, 0.4) is 0 Å². The van der Waals surface area contributed by atoms with Gasteiger partial charge in [-0.2, -0.15) is 0 Å². The van der Waals surface area contributed by atoms with Crippen molar-refractivity contribution in [2.75, 3.05) is 75.1 Å². The Morgan fingerprint density at radius 1 is 0.977 bits per heavy atom. The Labute approximate surface area is 261 Å². The second kappa shape index (κ2) is 14.2. The van der Waals surface area contributed by atoms with Gasteiger partial charge in [-0.1, -0.05) is 35.5 Å². The molecule has 1 aromatic heterocycles. The van der Waals surface area contributed by atoms with Crippen molar-refractivity contribution in [1.29, 1.82) is 0 Å². The van der Waals surface area contributed by atoms with Crippen LogP contribution in [-0.2, 0) is 4.79 Å². The Kier molecular flexibility index (Phi) is 10.1. The van der Waals surface area contributed by atoms with Crippen LogP contribution in [0.4, 0.5) is 11.5 Å². The van der Waals surface area contributed by atoms with Crippen molar-refractivity contribution in [3.63, 3.8) is 0 Å². The van der Waals surface area contributed by atoms with E-state index in [4.69, 9.17) is 26.1 Å². The van der Waals surface area contributed by atoms with Crippen molar-refractivity contribution >= 4 is 46.7 Å². The first-order chi connectivity index (χ1) is 20.9. The number of anilines is 2. The third-order valence-electron chi connectivity index (χ3n) is 7.67. The quantitative estimate of drug-likeness (QED) is 0.196. The molecule has 2 amide bonds. The number of aromatic nitrogens is 2. The molecule has 10 nitrogen and oxygen atoms in total. The summed E-state index contributed by atoms with van der Waals surface area (Å²) in [5, 5.41) is 0.787. The fourth-order valence-corrected chi connectivity index (χ4v) is 6.37. The molecule has 2 saturated heterocycles. The van der Waals surface area contributed by atoms with E-state index in [1.165, 1.54) is 11.8 Å². The van der Waals surface area contributed by atoms with Crippen molar-refractivity contribution in [2.24, 2.45) is 0 Å². The molecule has 1 atom stereocenters. The largest absolute Gasteiger partial charge is 0.497 e. The molecule has 1 unspecified atom stereocenters. The summed E-state index contributed by atoms with van der Waals surface area (Å²) >= 11 is 7.68. The number of para-hydroxylation sites is 2. The standard InChI is InChI=1S/C31H37ClN6O4S/c1-4-42-26-8-6-5-7-25(26)35-13-15-36(16-14-35)29(39)21-43-31-33-27(32)19-28(34-31)37-17-18-38(22(2)20-37)30(40)23-9-11-24(41-3)12-10-23/h5-12,19,22H,4,13-18,20-21H2,1-3H3. The second-order valence-corrected chi connectivity index (χ2v) is 11.7. The minimum Gasteiger partial charge on any atom is -0.497 e. The molecule has 2 aliphatic heterocycles. The number of carbonyl (C=O) groups is 2. The number of benzene rings is 2. The van der Waals surface area contributed by atoms with Gasteiger partial charge >= 0.3 is 0 Å². The molecule has 0 spiro atoms. The van der Waals surface area contributed by atoms with Crippen LogP contribution in [0, 0.1) is 0 Å². The number of hydrogen-bond acceptors (Lipinski definition) is 9. The maximum absolute atomic E-state index is 13.1. The molecule has 0 radical (unpaired) electrons. The fraction of sp³-hybridized carbons (Fsp3) is 0.419. The number of rotatable bonds is 9. The Bertz CT molecular complexity index is 1420. The van der Waals surface area contributed by atoms with E-state index in [9.17, 15) is 9.59 Å². The van der Waals surface area contributed by atoms with Crippen LogP contribution in [0.1, 0.15) is 24.2 Å². The summed E-state index contributed by atoms with van der Waals surface area (Å²) in [6.07, 6.45) is 0. The van der Waals surface area contributed by atoms with Gasteiger partial charge in [0.25, 0.3) is 5.91 Å². The van der Waals surface area contributed by atoms with Crippen molar-refractivity contribution in [2.45, 2.75) is 25.0 Å². The van der Waals surface area contributed by atoms with Crippen LogP contribution >= 0.6 is 23.4 Å². The van der Waals surface area contributed by atoms with Crippen molar-refractivity contribution < 1.29 is 19.1 Å². The van der Waals surface area contributed by atoms with E-state index < -0.39 is 0 Å². The van der Waals surface area contributed by atoms with Gasteiger partial charge in [0.05, 0.1) is 25.2 Å². The van der Waals surface area contributed by atoms with Gasteiger partial charge < -0.3 is 29.1 Å². The lowest BCUT2D eigenvalue weighted by Crippen LogP contribution is -2.54. The molecule has 2 fully saturated rings. The smallest absolute Gasteiger partial charge is 0.254 e. The lowest BCUT2D eigenvalue weighted by molar-refractivity contribution is -0.128. The van der Waals surface area contributed by atoms with Gasteiger partial charge in [0.1, 0.15) is 22.5 Å². The van der Waals surface area contributed by atoms with Crippen molar-refractivity contribution in [3.8, 4) is 11.5 Å². The summed E-state index contributed by atoms with van der Waals surface area (Å²) in [7, 11) is 1.60. The average molecular weight is 625 g/mol. The second-order valence-electron chi connectivity index (χ2n) is 10.4. The molecule has 2 aliphatic rings. The molecule has 12 heteroatoms. The first-order valence-corrected chi connectivity index (χ1v) is 15.8. The normalized spacial score (nSPS) is 17.2. The molecule has 3 aromatic rings. The molecular weight excluding hydrogens is 588 g/mol. The predicted molar refractivity (Wildman–Crippen MR) is 170 cm³/mol. The zero-order chi connectivity index (χ0) is 30.3. The van der Waals surface area contributed by atoms with Crippen LogP contribution in [-0.4, -0.2) is 103 Å². The van der Waals surface area contributed by atoms with E-state index >= 15 is 0 Å². The molecule has 0 saturated carbocycles. The average Bonchev–Trinajstić information content (AvgIpc) is 3.03. The Morgan fingerprint density at radius 3 is 2.40 bits per heavy atom.